The second-order valence-corrected chi connectivity index (χ2v) is 4.78. The van der Waals surface area contributed by atoms with Crippen molar-refractivity contribution in [2.45, 2.75) is 37.0 Å². The van der Waals surface area contributed by atoms with Crippen molar-refractivity contribution >= 4 is 0 Å². The summed E-state index contributed by atoms with van der Waals surface area (Å²) in [6, 6.07) is 3.68. The van der Waals surface area contributed by atoms with Crippen LogP contribution in [0.2, 0.25) is 0 Å². The van der Waals surface area contributed by atoms with Crippen LogP contribution in [0.3, 0.4) is 0 Å². The van der Waals surface area contributed by atoms with E-state index in [-0.39, 0.29) is 18.3 Å². The fourth-order valence-electron chi connectivity index (χ4n) is 2.67. The van der Waals surface area contributed by atoms with E-state index < -0.39 is 5.92 Å². The Morgan fingerprint density at radius 1 is 1.19 bits per heavy atom. The quantitative estimate of drug-likeness (QED) is 0.677. The number of hydrogen-bond acceptors (Lipinski definition) is 2. The predicted molar refractivity (Wildman–Crippen MR) is 54.8 cm³/mol. The van der Waals surface area contributed by atoms with E-state index >= 15 is 0 Å². The monoisotopic (exact) mass is 225 g/mol. The first-order valence-electron chi connectivity index (χ1n) is 5.58. The first-order valence-corrected chi connectivity index (χ1v) is 5.58. The number of ether oxygens (including phenoxy) is 1. The topological polar surface area (TPSA) is 22.1 Å². The summed E-state index contributed by atoms with van der Waals surface area (Å²) in [7, 11) is 0. The van der Waals surface area contributed by atoms with Crippen molar-refractivity contribution in [3.8, 4) is 5.75 Å². The van der Waals surface area contributed by atoms with Gasteiger partial charge in [0, 0.05) is 19.0 Å². The molecular weight excluding hydrogens is 212 g/mol. The molecule has 1 spiro atoms. The number of halogens is 2. The summed E-state index contributed by atoms with van der Waals surface area (Å²) >= 11 is 0. The summed E-state index contributed by atoms with van der Waals surface area (Å²) < 4.78 is 31.9. The van der Waals surface area contributed by atoms with Crippen molar-refractivity contribution in [2.75, 3.05) is 6.61 Å². The molecule has 1 aromatic rings. The number of hydrogen-bond donors (Lipinski definition) is 0. The van der Waals surface area contributed by atoms with Crippen molar-refractivity contribution in [3.05, 3.63) is 24.0 Å². The third kappa shape index (κ3) is 1.39. The lowest BCUT2D eigenvalue weighted by Gasteiger charge is -2.35. The number of nitrogens with zero attached hydrogens (tertiary/aromatic N) is 1. The maximum absolute atomic E-state index is 13.2. The van der Waals surface area contributed by atoms with Crippen molar-refractivity contribution in [1.29, 1.82) is 0 Å². The average molecular weight is 225 g/mol. The molecule has 2 aliphatic rings. The third-order valence-electron chi connectivity index (χ3n) is 3.72. The van der Waals surface area contributed by atoms with Crippen molar-refractivity contribution in [2.24, 2.45) is 0 Å². The molecule has 2 heterocycles. The van der Waals surface area contributed by atoms with Gasteiger partial charge in [-0.15, -0.1) is 0 Å². The van der Waals surface area contributed by atoms with Gasteiger partial charge in [-0.1, -0.05) is 0 Å². The van der Waals surface area contributed by atoms with Gasteiger partial charge in [0.15, 0.2) is 0 Å². The number of fused-ring (bicyclic) bond motifs is 2. The van der Waals surface area contributed by atoms with Crippen LogP contribution in [-0.4, -0.2) is 17.5 Å². The Balaban J connectivity index is 1.92. The van der Waals surface area contributed by atoms with Crippen molar-refractivity contribution < 1.29 is 13.5 Å². The zero-order valence-electron chi connectivity index (χ0n) is 8.88. The number of aromatic nitrogens is 1. The molecule has 0 amide bonds. The summed E-state index contributed by atoms with van der Waals surface area (Å²) in [5.74, 6) is -1.73. The molecule has 1 saturated carbocycles. The summed E-state index contributed by atoms with van der Waals surface area (Å²) in [4.78, 5) is 4.31. The van der Waals surface area contributed by atoms with Crippen LogP contribution >= 0.6 is 0 Å². The molecule has 3 rings (SSSR count). The van der Waals surface area contributed by atoms with Crippen molar-refractivity contribution in [3.63, 3.8) is 0 Å². The van der Waals surface area contributed by atoms with Crippen LogP contribution in [-0.2, 0) is 5.41 Å². The van der Waals surface area contributed by atoms with Gasteiger partial charge in [0.05, 0.1) is 17.7 Å². The summed E-state index contributed by atoms with van der Waals surface area (Å²) in [5, 5.41) is 0. The van der Waals surface area contributed by atoms with E-state index in [1.54, 1.807) is 6.20 Å². The Bertz CT molecular complexity index is 409. The molecule has 0 radical (unpaired) electrons. The minimum atomic E-state index is -2.50. The summed E-state index contributed by atoms with van der Waals surface area (Å²) in [6.45, 7) is 0.509. The molecule has 0 bridgehead atoms. The second kappa shape index (κ2) is 3.15. The molecule has 1 aliphatic heterocycles. The zero-order valence-corrected chi connectivity index (χ0v) is 8.88. The Labute approximate surface area is 92.6 Å². The third-order valence-corrected chi connectivity index (χ3v) is 3.72. The Morgan fingerprint density at radius 3 is 2.69 bits per heavy atom. The molecule has 1 fully saturated rings. The van der Waals surface area contributed by atoms with E-state index in [1.165, 1.54) is 0 Å². The lowest BCUT2D eigenvalue weighted by Crippen LogP contribution is -2.38. The van der Waals surface area contributed by atoms with Gasteiger partial charge in [0.25, 0.3) is 0 Å². The SMILES string of the molecule is FC1(F)CCC2(CC1)COc1cccnc12. The molecule has 0 N–H and O–H groups in total. The lowest BCUT2D eigenvalue weighted by molar-refractivity contribution is -0.0543. The molecule has 86 valence electrons. The zero-order chi connectivity index (χ0) is 11.2. The first kappa shape index (κ1) is 10.00. The number of alkyl halides is 2. The molecule has 1 aliphatic carbocycles. The Morgan fingerprint density at radius 2 is 1.94 bits per heavy atom. The molecule has 4 heteroatoms. The molecule has 0 atom stereocenters. The molecule has 0 unspecified atom stereocenters. The van der Waals surface area contributed by atoms with Crippen molar-refractivity contribution in [1.82, 2.24) is 4.98 Å². The van der Waals surface area contributed by atoms with Crippen LogP contribution in [0.5, 0.6) is 5.75 Å². The van der Waals surface area contributed by atoms with Gasteiger partial charge in [-0.05, 0) is 25.0 Å². The van der Waals surface area contributed by atoms with Crippen LogP contribution < -0.4 is 4.74 Å². The number of rotatable bonds is 0. The highest BCUT2D eigenvalue weighted by atomic mass is 19.3. The minimum Gasteiger partial charge on any atom is -0.491 e. The van der Waals surface area contributed by atoms with Crippen LogP contribution in [0.15, 0.2) is 18.3 Å². The average Bonchev–Trinajstić information content (AvgIpc) is 2.64. The van der Waals surface area contributed by atoms with Gasteiger partial charge in [-0.25, -0.2) is 8.78 Å². The van der Waals surface area contributed by atoms with E-state index in [9.17, 15) is 8.78 Å². The van der Waals surface area contributed by atoms with Crippen LogP contribution in [0.1, 0.15) is 31.4 Å². The summed E-state index contributed by atoms with van der Waals surface area (Å²) in [6.07, 6.45) is 2.56. The van der Waals surface area contributed by atoms with E-state index in [4.69, 9.17) is 4.74 Å². The van der Waals surface area contributed by atoms with E-state index in [0.717, 1.165) is 11.4 Å². The summed E-state index contributed by atoms with van der Waals surface area (Å²) in [5.41, 5.74) is 0.628. The van der Waals surface area contributed by atoms with Gasteiger partial charge >= 0.3 is 0 Å². The van der Waals surface area contributed by atoms with Gasteiger partial charge < -0.3 is 4.74 Å². The maximum Gasteiger partial charge on any atom is 0.248 e. The standard InChI is InChI=1S/C12H13F2NO/c13-12(14)5-3-11(4-6-12)8-16-9-2-1-7-15-10(9)11/h1-2,7H,3-6,8H2. The smallest absolute Gasteiger partial charge is 0.248 e. The van der Waals surface area contributed by atoms with E-state index in [0.29, 0.717) is 19.4 Å². The molecule has 1 aromatic heterocycles. The predicted octanol–water partition coefficient (Wildman–Crippen LogP) is 2.92. The Kier molecular flexibility index (Phi) is 1.97. The molecular formula is C12H13F2NO. The molecule has 0 aromatic carbocycles. The number of pyridine rings is 1. The highest BCUT2D eigenvalue weighted by molar-refractivity contribution is 5.38. The largest absolute Gasteiger partial charge is 0.491 e. The van der Waals surface area contributed by atoms with Gasteiger partial charge in [0.2, 0.25) is 5.92 Å². The van der Waals surface area contributed by atoms with Crippen LogP contribution in [0, 0.1) is 0 Å². The maximum atomic E-state index is 13.2. The van der Waals surface area contributed by atoms with Gasteiger partial charge in [-0.3, -0.25) is 4.98 Å². The highest BCUT2D eigenvalue weighted by Crippen LogP contribution is 2.50. The second-order valence-electron chi connectivity index (χ2n) is 4.78. The lowest BCUT2D eigenvalue weighted by atomic mass is 9.72. The molecule has 0 saturated heterocycles. The molecule has 2 nitrogen and oxygen atoms in total. The van der Waals surface area contributed by atoms with E-state index in [1.807, 2.05) is 12.1 Å². The normalized spacial score (nSPS) is 25.1. The van der Waals surface area contributed by atoms with Crippen LogP contribution in [0.25, 0.3) is 0 Å². The fourth-order valence-corrected chi connectivity index (χ4v) is 2.67. The van der Waals surface area contributed by atoms with E-state index in [2.05, 4.69) is 4.98 Å². The first-order chi connectivity index (χ1) is 7.61. The Hall–Kier alpha value is -1.19. The molecule has 16 heavy (non-hydrogen) atoms. The minimum absolute atomic E-state index is 0.0492. The fraction of sp³-hybridized carbons (Fsp3) is 0.583. The van der Waals surface area contributed by atoms with Gasteiger partial charge in [-0.2, -0.15) is 0 Å². The highest BCUT2D eigenvalue weighted by Gasteiger charge is 2.49. The van der Waals surface area contributed by atoms with Gasteiger partial charge in [0.1, 0.15) is 5.75 Å². The van der Waals surface area contributed by atoms with Crippen LogP contribution in [0.4, 0.5) is 8.78 Å².